The summed E-state index contributed by atoms with van der Waals surface area (Å²) in [5.41, 5.74) is 17.6. The van der Waals surface area contributed by atoms with Gasteiger partial charge in [-0.25, -0.2) is 9.97 Å². The Balaban J connectivity index is 1.15. The topological polar surface area (TPSA) is 30.7 Å². The molecule has 0 amide bonds. The molecule has 3 heteroatoms. The molecule has 0 saturated heterocycles. The highest BCUT2D eigenvalue weighted by molar-refractivity contribution is 6.12. The zero-order valence-corrected chi connectivity index (χ0v) is 30.4. The average molecular weight is 712 g/mol. The van der Waals surface area contributed by atoms with Crippen LogP contribution in [0.3, 0.4) is 0 Å². The summed E-state index contributed by atoms with van der Waals surface area (Å²) < 4.78 is 2.37. The van der Waals surface area contributed by atoms with Gasteiger partial charge in [0.2, 0.25) is 0 Å². The molecule has 1 spiro atoms. The average Bonchev–Trinajstić information content (AvgIpc) is 3.87. The van der Waals surface area contributed by atoms with Crippen LogP contribution in [0.1, 0.15) is 22.3 Å². The van der Waals surface area contributed by atoms with Gasteiger partial charge < -0.3 is 0 Å². The molecule has 0 fully saturated rings. The molecule has 2 aliphatic rings. The predicted molar refractivity (Wildman–Crippen MR) is 229 cm³/mol. The van der Waals surface area contributed by atoms with E-state index in [0.29, 0.717) is 5.82 Å². The number of rotatable bonds is 4. The second-order valence-electron chi connectivity index (χ2n) is 14.9. The van der Waals surface area contributed by atoms with Crippen LogP contribution in [-0.2, 0) is 5.41 Å². The fourth-order valence-corrected chi connectivity index (χ4v) is 9.68. The summed E-state index contributed by atoms with van der Waals surface area (Å²) in [4.78, 5) is 10.6. The Morgan fingerprint density at radius 3 is 1.52 bits per heavy atom. The zero-order chi connectivity index (χ0) is 36.8. The van der Waals surface area contributed by atoms with Crippen molar-refractivity contribution in [1.29, 1.82) is 0 Å². The van der Waals surface area contributed by atoms with E-state index in [9.17, 15) is 0 Å². The van der Waals surface area contributed by atoms with Gasteiger partial charge in [0.15, 0.2) is 5.82 Å². The number of nitrogens with zero attached hydrogens (tertiary/aromatic N) is 3. The van der Waals surface area contributed by atoms with Crippen LogP contribution in [0.2, 0.25) is 0 Å². The van der Waals surface area contributed by atoms with Crippen LogP contribution in [0.5, 0.6) is 0 Å². The summed E-state index contributed by atoms with van der Waals surface area (Å²) in [6, 6.07) is 72.4. The monoisotopic (exact) mass is 711 g/mol. The van der Waals surface area contributed by atoms with E-state index >= 15 is 0 Å². The Kier molecular flexibility index (Phi) is 6.55. The maximum Gasteiger partial charge on any atom is 0.162 e. The van der Waals surface area contributed by atoms with E-state index in [2.05, 4.69) is 205 Å². The largest absolute Gasteiger partial charge is 0.294 e. The minimum absolute atomic E-state index is 0.443. The van der Waals surface area contributed by atoms with Gasteiger partial charge in [-0.2, -0.15) is 0 Å². The molecule has 0 N–H and O–H groups in total. The first-order valence-electron chi connectivity index (χ1n) is 19.2. The second kappa shape index (κ2) is 11.8. The first-order valence-corrected chi connectivity index (χ1v) is 19.2. The first-order chi connectivity index (χ1) is 27.8. The van der Waals surface area contributed by atoms with Gasteiger partial charge in [0.25, 0.3) is 0 Å². The summed E-state index contributed by atoms with van der Waals surface area (Å²) in [5.74, 6) is 1.53. The van der Waals surface area contributed by atoms with Gasteiger partial charge in [0, 0.05) is 28.0 Å². The molecule has 10 aromatic rings. The minimum atomic E-state index is -0.443. The number of hydrogen-bond donors (Lipinski definition) is 0. The SMILES string of the molecule is c1ccc(-c2ccc(-c3nc(-c4ccccc4)cc(-n4c5ccccc5c5cc6c(cc54)C4(c5ccccc5-c5ccccc54)c4ccccc4-6)n3)cc2)cc1. The van der Waals surface area contributed by atoms with Crippen molar-refractivity contribution in [2.24, 2.45) is 0 Å². The number of aromatic nitrogens is 3. The maximum absolute atomic E-state index is 5.42. The summed E-state index contributed by atoms with van der Waals surface area (Å²) >= 11 is 0. The van der Waals surface area contributed by atoms with Crippen LogP contribution in [0.15, 0.2) is 200 Å². The maximum atomic E-state index is 5.42. The molecule has 0 atom stereocenters. The van der Waals surface area contributed by atoms with Crippen molar-refractivity contribution in [3.8, 4) is 61.8 Å². The second-order valence-corrected chi connectivity index (χ2v) is 14.9. The van der Waals surface area contributed by atoms with Crippen molar-refractivity contribution in [3.05, 3.63) is 222 Å². The van der Waals surface area contributed by atoms with Crippen LogP contribution in [0, 0.1) is 0 Å². The highest BCUT2D eigenvalue weighted by Crippen LogP contribution is 2.63. The molecule has 8 aromatic carbocycles. The van der Waals surface area contributed by atoms with Gasteiger partial charge >= 0.3 is 0 Å². The van der Waals surface area contributed by atoms with Gasteiger partial charge in [-0.1, -0.05) is 176 Å². The summed E-state index contributed by atoms with van der Waals surface area (Å²) in [5, 5.41) is 2.41. The van der Waals surface area contributed by atoms with Crippen LogP contribution in [-0.4, -0.2) is 14.5 Å². The minimum Gasteiger partial charge on any atom is -0.294 e. The molecule has 3 nitrogen and oxygen atoms in total. The zero-order valence-electron chi connectivity index (χ0n) is 30.4. The van der Waals surface area contributed by atoms with Gasteiger partial charge in [-0.15, -0.1) is 0 Å². The molecule has 2 aliphatic carbocycles. The van der Waals surface area contributed by atoms with Crippen molar-refractivity contribution < 1.29 is 0 Å². The lowest BCUT2D eigenvalue weighted by Crippen LogP contribution is -2.25. The van der Waals surface area contributed by atoms with Crippen LogP contribution in [0.4, 0.5) is 0 Å². The van der Waals surface area contributed by atoms with Gasteiger partial charge in [0.05, 0.1) is 22.1 Å². The third kappa shape index (κ3) is 4.28. The summed E-state index contributed by atoms with van der Waals surface area (Å²) in [6.07, 6.45) is 0. The van der Waals surface area contributed by atoms with E-state index in [1.54, 1.807) is 0 Å². The lowest BCUT2D eigenvalue weighted by Gasteiger charge is -2.30. The Hall–Kier alpha value is -7.36. The van der Waals surface area contributed by atoms with E-state index in [-0.39, 0.29) is 0 Å². The van der Waals surface area contributed by atoms with E-state index in [4.69, 9.17) is 9.97 Å². The van der Waals surface area contributed by atoms with Crippen LogP contribution >= 0.6 is 0 Å². The first kappa shape index (κ1) is 31.0. The molecule has 2 aromatic heterocycles. The van der Waals surface area contributed by atoms with Gasteiger partial charge in [-0.3, -0.25) is 4.57 Å². The number of fused-ring (bicyclic) bond motifs is 13. The van der Waals surface area contributed by atoms with E-state index in [0.717, 1.165) is 39.2 Å². The highest BCUT2D eigenvalue weighted by atomic mass is 15.1. The smallest absolute Gasteiger partial charge is 0.162 e. The van der Waals surface area contributed by atoms with Gasteiger partial charge in [0.1, 0.15) is 5.82 Å². The highest BCUT2D eigenvalue weighted by Gasteiger charge is 2.51. The fourth-order valence-electron chi connectivity index (χ4n) is 9.68. The fraction of sp³-hybridized carbons (Fsp3) is 0.0189. The quantitative estimate of drug-likeness (QED) is 0.182. The molecule has 12 rings (SSSR count). The molecule has 2 heterocycles. The number of para-hydroxylation sites is 1. The van der Waals surface area contributed by atoms with Gasteiger partial charge in [-0.05, 0) is 73.8 Å². The lowest BCUT2D eigenvalue weighted by atomic mass is 9.70. The van der Waals surface area contributed by atoms with E-state index in [1.165, 1.54) is 60.8 Å². The molecular weight excluding hydrogens is 679 g/mol. The Morgan fingerprint density at radius 1 is 0.339 bits per heavy atom. The molecule has 0 radical (unpaired) electrons. The van der Waals surface area contributed by atoms with E-state index in [1.807, 2.05) is 0 Å². The molecule has 56 heavy (non-hydrogen) atoms. The normalized spacial score (nSPS) is 13.1. The van der Waals surface area contributed by atoms with Crippen molar-refractivity contribution in [2.75, 3.05) is 0 Å². The molecule has 0 unspecified atom stereocenters. The van der Waals surface area contributed by atoms with Crippen molar-refractivity contribution >= 4 is 21.8 Å². The molecule has 260 valence electrons. The van der Waals surface area contributed by atoms with Crippen LogP contribution in [0.25, 0.3) is 83.6 Å². The predicted octanol–water partition coefficient (Wildman–Crippen LogP) is 12.9. The summed E-state index contributed by atoms with van der Waals surface area (Å²) in [6.45, 7) is 0. The molecule has 0 saturated carbocycles. The Labute approximate surface area is 324 Å². The number of benzene rings is 8. The lowest BCUT2D eigenvalue weighted by molar-refractivity contribution is 0.794. The van der Waals surface area contributed by atoms with Crippen molar-refractivity contribution in [2.45, 2.75) is 5.41 Å². The Bertz CT molecular complexity index is 3130. The molecule has 0 aliphatic heterocycles. The van der Waals surface area contributed by atoms with Crippen molar-refractivity contribution in [3.63, 3.8) is 0 Å². The molecule has 0 bridgehead atoms. The third-order valence-corrected chi connectivity index (χ3v) is 12.1. The Morgan fingerprint density at radius 2 is 0.857 bits per heavy atom. The van der Waals surface area contributed by atoms with E-state index < -0.39 is 5.41 Å². The standard InChI is InChI=1S/C53H33N3/c1-3-15-34(16-4-1)35-27-29-37(30-28-35)52-54-48(36-17-5-2-6-18-36)33-51(55-52)56-49-26-14-10-22-41(49)43-31-42-40-21-9-13-25-46(40)53(47(42)32-50(43)56)44-23-11-7-19-38(44)39-20-8-12-24-45(39)53/h1-33H. The number of hydrogen-bond acceptors (Lipinski definition) is 2. The third-order valence-electron chi connectivity index (χ3n) is 12.1. The summed E-state index contributed by atoms with van der Waals surface area (Å²) in [7, 11) is 0. The van der Waals surface area contributed by atoms with Crippen molar-refractivity contribution in [1.82, 2.24) is 14.5 Å². The molecular formula is C53H33N3. The van der Waals surface area contributed by atoms with Crippen LogP contribution < -0.4 is 0 Å².